The van der Waals surface area contributed by atoms with Crippen LogP contribution >= 0.6 is 11.3 Å². The average Bonchev–Trinajstić information content (AvgIpc) is 2.63. The van der Waals surface area contributed by atoms with Gasteiger partial charge in [-0.15, -0.1) is 11.3 Å². The van der Waals surface area contributed by atoms with Crippen LogP contribution in [0.25, 0.3) is 4.96 Å². The normalized spacial score (nSPS) is 12.1. The third kappa shape index (κ3) is 1.23. The first kappa shape index (κ1) is 8.70. The largest absolute Gasteiger partial charge is 0.476 e. The second kappa shape index (κ2) is 3.11. The third-order valence-corrected chi connectivity index (χ3v) is 2.41. The van der Waals surface area contributed by atoms with Crippen molar-refractivity contribution in [1.29, 1.82) is 0 Å². The molecule has 2 aromatic heterocycles. The van der Waals surface area contributed by atoms with Gasteiger partial charge in [-0.2, -0.15) is 0 Å². The van der Waals surface area contributed by atoms with E-state index < -0.39 is 11.7 Å². The third-order valence-electron chi connectivity index (χ3n) is 1.64. The number of nitrogens with zero attached hydrogens (tertiary/aromatic N) is 3. The molecule has 0 bridgehead atoms. The Bertz CT molecular complexity index is 484. The number of carboxylic acid groups (broad SMARTS) is 1. The van der Waals surface area contributed by atoms with Gasteiger partial charge in [0.05, 0.1) is 0 Å². The number of fused-ring (bicyclic) bond motifs is 1. The molecule has 2 heterocycles. The van der Waals surface area contributed by atoms with Crippen LogP contribution in [0.4, 0.5) is 0 Å². The topological polar surface area (TPSA) is 87.2 Å². The number of carboxylic acids is 1. The highest BCUT2D eigenvalue weighted by molar-refractivity contribution is 7.15. The number of hydrogen-bond acceptors (Lipinski definition) is 5. The van der Waals surface area contributed by atoms with Crippen LogP contribution in [-0.2, 0) is 4.79 Å². The van der Waals surface area contributed by atoms with E-state index >= 15 is 0 Å². The van der Waals surface area contributed by atoms with Crippen LogP contribution in [0, 0.1) is 0 Å². The molecule has 0 aliphatic carbocycles. The zero-order chi connectivity index (χ0) is 10.1. The van der Waals surface area contributed by atoms with E-state index in [0.717, 1.165) is 0 Å². The summed E-state index contributed by atoms with van der Waals surface area (Å²) in [5.74, 6) is -1.31. The fourth-order valence-electron chi connectivity index (χ4n) is 1.05. The molecule has 0 unspecified atom stereocenters. The van der Waals surface area contributed by atoms with E-state index in [9.17, 15) is 4.79 Å². The highest BCUT2D eigenvalue weighted by Crippen LogP contribution is 2.11. The molecular weight excluding hydrogens is 206 g/mol. The fraction of sp³-hybridized carbons (Fsp3) is 0. The molecule has 0 aliphatic heterocycles. The summed E-state index contributed by atoms with van der Waals surface area (Å²) in [6.07, 6.45) is 3.24. The number of carbonyl (C=O) groups is 1. The summed E-state index contributed by atoms with van der Waals surface area (Å²) < 4.78 is 1.66. The van der Waals surface area contributed by atoms with E-state index in [0.29, 0.717) is 4.96 Å². The molecule has 14 heavy (non-hydrogen) atoms. The van der Waals surface area contributed by atoms with Crippen molar-refractivity contribution in [2.75, 3.05) is 0 Å². The molecule has 0 radical (unpaired) electrons. The molecule has 0 atom stereocenters. The zero-order valence-corrected chi connectivity index (χ0v) is 7.60. The minimum Gasteiger partial charge on any atom is -0.476 e. The minimum atomic E-state index is -1.31. The van der Waals surface area contributed by atoms with Gasteiger partial charge in [0, 0.05) is 17.8 Å². The second-order valence-electron chi connectivity index (χ2n) is 2.47. The Balaban J connectivity index is 2.53. The van der Waals surface area contributed by atoms with Gasteiger partial charge in [-0.25, -0.2) is 9.78 Å². The van der Waals surface area contributed by atoms with Crippen molar-refractivity contribution in [3.63, 3.8) is 0 Å². The van der Waals surface area contributed by atoms with Gasteiger partial charge in [-0.3, -0.25) is 4.40 Å². The monoisotopic (exact) mass is 211 g/mol. The molecule has 0 aromatic carbocycles. The Morgan fingerprint density at radius 3 is 3.00 bits per heavy atom. The lowest BCUT2D eigenvalue weighted by atomic mass is 10.3. The number of imidazole rings is 1. The van der Waals surface area contributed by atoms with E-state index in [1.807, 2.05) is 5.38 Å². The Morgan fingerprint density at radius 2 is 2.43 bits per heavy atom. The number of thiazole rings is 1. The van der Waals surface area contributed by atoms with Crippen molar-refractivity contribution in [1.82, 2.24) is 9.38 Å². The smallest absolute Gasteiger partial charge is 0.360 e. The van der Waals surface area contributed by atoms with Gasteiger partial charge in [-0.1, -0.05) is 5.16 Å². The van der Waals surface area contributed by atoms with E-state index in [2.05, 4.69) is 10.1 Å². The maximum atomic E-state index is 10.6. The van der Waals surface area contributed by atoms with Crippen LogP contribution in [0.2, 0.25) is 0 Å². The Labute approximate surface area is 81.7 Å². The zero-order valence-electron chi connectivity index (χ0n) is 6.78. The predicted molar refractivity (Wildman–Crippen MR) is 49.0 cm³/mol. The Kier molecular flexibility index (Phi) is 1.93. The van der Waals surface area contributed by atoms with Crippen molar-refractivity contribution in [3.05, 3.63) is 23.5 Å². The van der Waals surface area contributed by atoms with Gasteiger partial charge >= 0.3 is 5.97 Å². The first-order chi connectivity index (χ1) is 6.72. The number of hydrogen-bond donors (Lipinski definition) is 2. The molecule has 72 valence electrons. The number of aliphatic carboxylic acids is 1. The van der Waals surface area contributed by atoms with Crippen LogP contribution in [0.5, 0.6) is 0 Å². The lowest BCUT2D eigenvalue weighted by Crippen LogP contribution is -2.14. The Morgan fingerprint density at radius 1 is 1.64 bits per heavy atom. The molecule has 0 amide bonds. The summed E-state index contributed by atoms with van der Waals surface area (Å²) in [6.45, 7) is 0. The average molecular weight is 211 g/mol. The highest BCUT2D eigenvalue weighted by Gasteiger charge is 2.17. The van der Waals surface area contributed by atoms with Gasteiger partial charge in [0.2, 0.25) is 5.71 Å². The maximum Gasteiger partial charge on any atom is 0.360 e. The second-order valence-corrected chi connectivity index (χ2v) is 3.35. The van der Waals surface area contributed by atoms with Crippen LogP contribution in [-0.4, -0.2) is 31.4 Å². The number of aromatic nitrogens is 2. The van der Waals surface area contributed by atoms with Crippen molar-refractivity contribution >= 4 is 28.0 Å². The first-order valence-electron chi connectivity index (χ1n) is 3.60. The molecular formula is C7H5N3O3S. The lowest BCUT2D eigenvalue weighted by Gasteiger charge is -1.90. The maximum absolute atomic E-state index is 10.6. The van der Waals surface area contributed by atoms with Crippen molar-refractivity contribution < 1.29 is 15.1 Å². The summed E-state index contributed by atoms with van der Waals surface area (Å²) in [5, 5.41) is 21.6. The predicted octanol–water partition coefficient (Wildman–Crippen LogP) is 0.659. The van der Waals surface area contributed by atoms with Gasteiger partial charge in [0.15, 0.2) is 4.96 Å². The van der Waals surface area contributed by atoms with Crippen LogP contribution < -0.4 is 0 Å². The highest BCUT2D eigenvalue weighted by atomic mass is 32.1. The lowest BCUT2D eigenvalue weighted by molar-refractivity contribution is -0.129. The molecule has 0 aliphatic rings. The van der Waals surface area contributed by atoms with E-state index in [4.69, 9.17) is 10.3 Å². The van der Waals surface area contributed by atoms with E-state index in [-0.39, 0.29) is 5.69 Å². The van der Waals surface area contributed by atoms with Crippen LogP contribution in [0.1, 0.15) is 5.69 Å². The molecule has 2 rings (SSSR count). The molecule has 2 aromatic rings. The van der Waals surface area contributed by atoms with Gasteiger partial charge in [0.1, 0.15) is 5.69 Å². The molecule has 0 saturated carbocycles. The summed E-state index contributed by atoms with van der Waals surface area (Å²) in [5.41, 5.74) is -0.312. The van der Waals surface area contributed by atoms with Gasteiger partial charge < -0.3 is 10.3 Å². The van der Waals surface area contributed by atoms with Crippen LogP contribution in [0.3, 0.4) is 0 Å². The van der Waals surface area contributed by atoms with E-state index in [1.165, 1.54) is 17.5 Å². The molecule has 6 nitrogen and oxygen atoms in total. The Hall–Kier alpha value is -1.89. The summed E-state index contributed by atoms with van der Waals surface area (Å²) in [4.78, 5) is 15.2. The molecule has 2 N–H and O–H groups in total. The van der Waals surface area contributed by atoms with Gasteiger partial charge in [-0.05, 0) is 0 Å². The number of rotatable bonds is 2. The van der Waals surface area contributed by atoms with E-state index in [1.54, 1.807) is 10.6 Å². The van der Waals surface area contributed by atoms with Crippen molar-refractivity contribution in [3.8, 4) is 0 Å². The first-order valence-corrected chi connectivity index (χ1v) is 4.48. The SMILES string of the molecule is O=C(O)/C(=N/O)c1cn2ccsc2n1. The molecule has 0 saturated heterocycles. The van der Waals surface area contributed by atoms with Crippen molar-refractivity contribution in [2.45, 2.75) is 0 Å². The van der Waals surface area contributed by atoms with Crippen LogP contribution in [0.15, 0.2) is 22.9 Å². The summed E-state index contributed by atoms with van der Waals surface area (Å²) in [7, 11) is 0. The number of oxime groups is 1. The standard InChI is InChI=1S/C7H5N3O3S/c11-6(12)5(9-13)4-3-10-1-2-14-7(10)8-4/h1-3,13H,(H,11,12)/b9-5+. The summed E-state index contributed by atoms with van der Waals surface area (Å²) >= 11 is 1.37. The van der Waals surface area contributed by atoms with Crippen molar-refractivity contribution in [2.24, 2.45) is 5.16 Å². The summed E-state index contributed by atoms with van der Waals surface area (Å²) in [6, 6.07) is 0. The quantitative estimate of drug-likeness (QED) is 0.434. The molecule has 0 fully saturated rings. The van der Waals surface area contributed by atoms with Gasteiger partial charge in [0.25, 0.3) is 0 Å². The molecule has 0 spiro atoms. The molecule has 7 heteroatoms. The minimum absolute atomic E-state index is 0.145. The fourth-order valence-corrected chi connectivity index (χ4v) is 1.75.